The SMILES string of the molecule is CCNC(=O)NCCC1(CC)CCN(c2ccc(C(=O)Nc3cc(C4CC=CS4)ccc3N)cn2)CC1. The lowest BCUT2D eigenvalue weighted by Gasteiger charge is -2.42. The van der Waals surface area contributed by atoms with E-state index in [2.05, 4.69) is 44.2 Å². The van der Waals surface area contributed by atoms with Gasteiger partial charge in [-0.25, -0.2) is 9.78 Å². The van der Waals surface area contributed by atoms with E-state index in [0.29, 0.717) is 35.3 Å². The van der Waals surface area contributed by atoms with Crippen LogP contribution < -0.4 is 26.6 Å². The minimum absolute atomic E-state index is 0.0972. The standard InChI is InChI=1S/C28H38N6O2S/c1-3-28(11-14-31-27(36)30-4-2)12-15-34(16-13-28)25-10-8-21(19-32-25)26(35)33-23-18-20(7-9-22(23)29)24-6-5-17-37-24/h5,7-10,17-19,24H,3-4,6,11-16,29H2,1-2H3,(H,33,35)(H2,30,31,36). The quantitative estimate of drug-likeness (QED) is 0.332. The van der Waals surface area contributed by atoms with Crippen molar-refractivity contribution >= 4 is 40.9 Å². The number of amides is 3. The lowest BCUT2D eigenvalue weighted by Crippen LogP contribution is -2.43. The molecule has 8 nitrogen and oxygen atoms in total. The molecular weight excluding hydrogens is 484 g/mol. The summed E-state index contributed by atoms with van der Waals surface area (Å²) in [6, 6.07) is 9.50. The molecule has 5 N–H and O–H groups in total. The first-order chi connectivity index (χ1) is 17.9. The first-order valence-electron chi connectivity index (χ1n) is 13.2. The average molecular weight is 523 g/mol. The van der Waals surface area contributed by atoms with Crippen molar-refractivity contribution < 1.29 is 9.59 Å². The normalized spacial score (nSPS) is 18.4. The van der Waals surface area contributed by atoms with E-state index in [1.807, 2.05) is 37.3 Å². The molecule has 9 heteroatoms. The van der Waals surface area contributed by atoms with Crippen LogP contribution in [0.15, 0.2) is 48.0 Å². The number of hydrogen-bond donors (Lipinski definition) is 4. The molecule has 2 aliphatic heterocycles. The zero-order valence-electron chi connectivity index (χ0n) is 21.8. The monoisotopic (exact) mass is 522 g/mol. The van der Waals surface area contributed by atoms with E-state index >= 15 is 0 Å². The molecule has 3 heterocycles. The summed E-state index contributed by atoms with van der Waals surface area (Å²) < 4.78 is 0. The molecule has 2 aromatic rings. The van der Waals surface area contributed by atoms with Gasteiger partial charge in [-0.1, -0.05) is 25.5 Å². The van der Waals surface area contributed by atoms with Crippen LogP contribution in [0.5, 0.6) is 0 Å². The number of pyridine rings is 1. The highest BCUT2D eigenvalue weighted by molar-refractivity contribution is 8.02. The fourth-order valence-corrected chi connectivity index (χ4v) is 5.98. The fraction of sp³-hybridized carbons (Fsp3) is 0.464. The van der Waals surface area contributed by atoms with Gasteiger partial charge in [0.05, 0.1) is 16.9 Å². The summed E-state index contributed by atoms with van der Waals surface area (Å²) in [5.74, 6) is 0.664. The number of carbonyl (C=O) groups is 2. The van der Waals surface area contributed by atoms with Crippen molar-refractivity contribution in [3.05, 3.63) is 59.1 Å². The van der Waals surface area contributed by atoms with E-state index in [0.717, 1.165) is 56.6 Å². The Balaban J connectivity index is 1.32. The number of nitrogens with two attached hydrogens (primary N) is 1. The number of anilines is 3. The first-order valence-corrected chi connectivity index (χ1v) is 14.1. The molecule has 2 aliphatic rings. The van der Waals surface area contributed by atoms with Crippen molar-refractivity contribution in [3.63, 3.8) is 0 Å². The van der Waals surface area contributed by atoms with Gasteiger partial charge in [0.2, 0.25) is 0 Å². The molecule has 0 radical (unpaired) electrons. The maximum Gasteiger partial charge on any atom is 0.314 e. The molecule has 1 saturated heterocycles. The van der Waals surface area contributed by atoms with Gasteiger partial charge in [-0.2, -0.15) is 0 Å². The minimum Gasteiger partial charge on any atom is -0.397 e. The lowest BCUT2D eigenvalue weighted by molar-refractivity contribution is 0.102. The zero-order valence-corrected chi connectivity index (χ0v) is 22.6. The molecule has 1 atom stereocenters. The fourth-order valence-electron chi connectivity index (χ4n) is 5.04. The third kappa shape index (κ3) is 6.77. The van der Waals surface area contributed by atoms with E-state index in [4.69, 9.17) is 5.73 Å². The molecular formula is C28H38N6O2S. The molecule has 1 aromatic heterocycles. The zero-order chi connectivity index (χ0) is 26.3. The number of nitrogen functional groups attached to an aromatic ring is 1. The van der Waals surface area contributed by atoms with Crippen LogP contribution in [-0.4, -0.2) is 43.1 Å². The Morgan fingerprint density at radius 3 is 2.62 bits per heavy atom. The van der Waals surface area contributed by atoms with Crippen molar-refractivity contribution in [2.75, 3.05) is 42.1 Å². The predicted octanol–water partition coefficient (Wildman–Crippen LogP) is 5.31. The highest BCUT2D eigenvalue weighted by Crippen LogP contribution is 2.40. The van der Waals surface area contributed by atoms with Crippen LogP contribution in [0, 0.1) is 5.41 Å². The van der Waals surface area contributed by atoms with E-state index < -0.39 is 0 Å². The Kier molecular flexibility index (Phi) is 8.97. The van der Waals surface area contributed by atoms with Crippen LogP contribution in [0.1, 0.15) is 67.1 Å². The Hall–Kier alpha value is -3.20. The van der Waals surface area contributed by atoms with Crippen LogP contribution >= 0.6 is 11.8 Å². The maximum absolute atomic E-state index is 12.9. The number of thioether (sulfide) groups is 1. The molecule has 1 aromatic carbocycles. The highest BCUT2D eigenvalue weighted by atomic mass is 32.2. The van der Waals surface area contributed by atoms with Crippen molar-refractivity contribution in [2.45, 2.75) is 51.2 Å². The number of piperidine rings is 1. The van der Waals surface area contributed by atoms with Crippen LogP contribution in [0.3, 0.4) is 0 Å². The number of nitrogens with zero attached hydrogens (tertiary/aromatic N) is 2. The summed E-state index contributed by atoms with van der Waals surface area (Å²) in [4.78, 5) is 31.5. The molecule has 1 fully saturated rings. The molecule has 0 aliphatic carbocycles. The summed E-state index contributed by atoms with van der Waals surface area (Å²) in [5.41, 5.74) is 9.21. The summed E-state index contributed by atoms with van der Waals surface area (Å²) in [5, 5.41) is 11.2. The second-order valence-corrected chi connectivity index (χ2v) is 10.9. The third-order valence-electron chi connectivity index (χ3n) is 7.57. The van der Waals surface area contributed by atoms with Crippen molar-refractivity contribution in [3.8, 4) is 0 Å². The number of rotatable bonds is 9. The Labute approximate surface area is 223 Å². The van der Waals surface area contributed by atoms with Crippen molar-refractivity contribution in [1.82, 2.24) is 15.6 Å². The number of urea groups is 1. The van der Waals surface area contributed by atoms with Crippen molar-refractivity contribution in [2.24, 2.45) is 5.41 Å². The topological polar surface area (TPSA) is 112 Å². The average Bonchev–Trinajstić information content (AvgIpc) is 3.46. The number of hydrogen-bond acceptors (Lipinski definition) is 6. The van der Waals surface area contributed by atoms with Gasteiger partial charge in [0, 0.05) is 37.6 Å². The van der Waals surface area contributed by atoms with Crippen LogP contribution in [0.25, 0.3) is 0 Å². The first kappa shape index (κ1) is 26.9. The van der Waals surface area contributed by atoms with Crippen LogP contribution in [0.2, 0.25) is 0 Å². The summed E-state index contributed by atoms with van der Waals surface area (Å²) >= 11 is 1.78. The Bertz CT molecular complexity index is 1100. The third-order valence-corrected chi connectivity index (χ3v) is 8.72. The van der Waals surface area contributed by atoms with Gasteiger partial charge in [0.25, 0.3) is 5.91 Å². The highest BCUT2D eigenvalue weighted by Gasteiger charge is 2.33. The summed E-state index contributed by atoms with van der Waals surface area (Å²) in [7, 11) is 0. The van der Waals surface area contributed by atoms with E-state index in [9.17, 15) is 9.59 Å². The second kappa shape index (κ2) is 12.4. The maximum atomic E-state index is 12.9. The van der Waals surface area contributed by atoms with Gasteiger partial charge in [-0.15, -0.1) is 11.8 Å². The number of nitrogens with one attached hydrogen (secondary N) is 3. The summed E-state index contributed by atoms with van der Waals surface area (Å²) in [6.45, 7) is 7.28. The number of benzene rings is 1. The second-order valence-electron chi connectivity index (χ2n) is 9.81. The molecule has 0 bridgehead atoms. The largest absolute Gasteiger partial charge is 0.397 e. The number of aromatic nitrogens is 1. The summed E-state index contributed by atoms with van der Waals surface area (Å²) in [6.07, 6.45) is 8.94. The lowest BCUT2D eigenvalue weighted by atomic mass is 9.73. The molecule has 0 saturated carbocycles. The molecule has 3 amide bonds. The van der Waals surface area contributed by atoms with Gasteiger partial charge < -0.3 is 26.6 Å². The molecule has 37 heavy (non-hydrogen) atoms. The van der Waals surface area contributed by atoms with Crippen LogP contribution in [-0.2, 0) is 0 Å². The van der Waals surface area contributed by atoms with Crippen molar-refractivity contribution in [1.29, 1.82) is 0 Å². The van der Waals surface area contributed by atoms with Gasteiger partial charge >= 0.3 is 6.03 Å². The molecule has 0 spiro atoms. The molecule has 198 valence electrons. The smallest absolute Gasteiger partial charge is 0.314 e. The van der Waals surface area contributed by atoms with E-state index in [-0.39, 0.29) is 17.4 Å². The Morgan fingerprint density at radius 1 is 1.16 bits per heavy atom. The van der Waals surface area contributed by atoms with Gasteiger partial charge in [0.1, 0.15) is 5.82 Å². The Morgan fingerprint density at radius 2 is 1.97 bits per heavy atom. The molecule has 4 rings (SSSR count). The van der Waals surface area contributed by atoms with E-state index in [1.165, 1.54) is 0 Å². The number of allylic oxidation sites excluding steroid dienone is 1. The van der Waals surface area contributed by atoms with Gasteiger partial charge in [-0.3, -0.25) is 4.79 Å². The number of carbonyl (C=O) groups excluding carboxylic acids is 2. The van der Waals surface area contributed by atoms with Crippen LogP contribution in [0.4, 0.5) is 22.0 Å². The predicted molar refractivity (Wildman–Crippen MR) is 153 cm³/mol. The van der Waals surface area contributed by atoms with E-state index in [1.54, 1.807) is 18.0 Å². The molecule has 1 unspecified atom stereocenters. The van der Waals surface area contributed by atoms with Gasteiger partial charge in [-0.05, 0) is 73.3 Å². The minimum atomic E-state index is -0.219. The van der Waals surface area contributed by atoms with Gasteiger partial charge in [0.15, 0.2) is 0 Å².